The van der Waals surface area contributed by atoms with Gasteiger partial charge in [0.1, 0.15) is 17.7 Å². The van der Waals surface area contributed by atoms with Crippen LogP contribution < -0.4 is 0 Å². The van der Waals surface area contributed by atoms with Crippen molar-refractivity contribution in [3.8, 4) is 0 Å². The Balaban J connectivity index is 1.24. The molecule has 0 saturated carbocycles. The molecular formula is C32H47N7O2. The van der Waals surface area contributed by atoms with Crippen LogP contribution in [0, 0.1) is 5.41 Å². The van der Waals surface area contributed by atoms with Gasteiger partial charge in [0.2, 0.25) is 0 Å². The third kappa shape index (κ3) is 7.45. The molecule has 2 N–H and O–H groups in total. The van der Waals surface area contributed by atoms with E-state index in [0.717, 1.165) is 63.6 Å². The summed E-state index contributed by atoms with van der Waals surface area (Å²) in [5.41, 5.74) is 2.68. The number of ether oxygens (including phenoxy) is 1. The van der Waals surface area contributed by atoms with Crippen LogP contribution in [0.15, 0.2) is 49.1 Å². The fourth-order valence-electron chi connectivity index (χ4n) is 6.92. The number of nitrogens with zero attached hydrogens (tertiary/aromatic N) is 5. The highest BCUT2D eigenvalue weighted by Gasteiger charge is 2.48. The molecule has 41 heavy (non-hydrogen) atoms. The van der Waals surface area contributed by atoms with Crippen molar-refractivity contribution in [2.24, 2.45) is 5.41 Å². The zero-order chi connectivity index (χ0) is 28.7. The van der Waals surface area contributed by atoms with E-state index >= 15 is 0 Å². The lowest BCUT2D eigenvalue weighted by molar-refractivity contribution is -0.148. The first-order chi connectivity index (χ1) is 20.0. The summed E-state index contributed by atoms with van der Waals surface area (Å²) < 4.78 is 5.56. The van der Waals surface area contributed by atoms with Crippen LogP contribution in [0.25, 0.3) is 0 Å². The lowest BCUT2D eigenvalue weighted by Gasteiger charge is -2.42. The molecule has 5 rings (SSSR count). The number of nitrogens with one attached hydrogen (secondary N) is 2. The number of benzene rings is 1. The molecule has 2 aromatic heterocycles. The Hall–Kier alpha value is -3.01. The maximum Gasteiger partial charge on any atom is 0.323 e. The number of likely N-dealkylation sites (tertiary alicyclic amines) is 2. The van der Waals surface area contributed by atoms with Crippen LogP contribution in [0.3, 0.4) is 0 Å². The second kappa shape index (κ2) is 13.8. The van der Waals surface area contributed by atoms with Gasteiger partial charge in [0.15, 0.2) is 0 Å². The topological polar surface area (TPSA) is 93.4 Å². The Labute approximate surface area is 244 Å². The molecule has 0 unspecified atom stereocenters. The Morgan fingerprint density at radius 2 is 1.59 bits per heavy atom. The summed E-state index contributed by atoms with van der Waals surface area (Å²) >= 11 is 0. The van der Waals surface area contributed by atoms with Crippen molar-refractivity contribution < 1.29 is 9.53 Å². The molecule has 9 nitrogen and oxygen atoms in total. The van der Waals surface area contributed by atoms with Crippen LogP contribution >= 0.6 is 0 Å². The van der Waals surface area contributed by atoms with E-state index in [1.807, 2.05) is 19.3 Å². The summed E-state index contributed by atoms with van der Waals surface area (Å²) in [6.45, 7) is 13.1. The van der Waals surface area contributed by atoms with Gasteiger partial charge < -0.3 is 19.6 Å². The van der Waals surface area contributed by atoms with Gasteiger partial charge in [-0.25, -0.2) is 9.97 Å². The van der Waals surface area contributed by atoms with Crippen LogP contribution in [0.2, 0.25) is 0 Å². The van der Waals surface area contributed by atoms with Crippen LogP contribution in [-0.4, -0.2) is 78.9 Å². The maximum atomic E-state index is 13.1. The molecule has 1 spiro atoms. The number of carbonyl (C=O) groups excluding carboxylic acids is 1. The van der Waals surface area contributed by atoms with E-state index < -0.39 is 0 Å². The van der Waals surface area contributed by atoms with E-state index in [2.05, 4.69) is 72.7 Å². The zero-order valence-corrected chi connectivity index (χ0v) is 25.0. The predicted molar refractivity (Wildman–Crippen MR) is 160 cm³/mol. The highest BCUT2D eigenvalue weighted by molar-refractivity contribution is 5.76. The van der Waals surface area contributed by atoms with Crippen molar-refractivity contribution in [3.05, 3.63) is 71.8 Å². The van der Waals surface area contributed by atoms with Gasteiger partial charge >= 0.3 is 5.97 Å². The molecule has 2 aliphatic rings. The lowest BCUT2D eigenvalue weighted by atomic mass is 9.76. The molecule has 1 atom stereocenters. The van der Waals surface area contributed by atoms with E-state index in [-0.39, 0.29) is 17.4 Å². The highest BCUT2D eigenvalue weighted by atomic mass is 16.5. The van der Waals surface area contributed by atoms with Gasteiger partial charge in [-0.05, 0) is 68.7 Å². The molecule has 2 saturated heterocycles. The van der Waals surface area contributed by atoms with Crippen LogP contribution in [0.4, 0.5) is 0 Å². The van der Waals surface area contributed by atoms with Crippen molar-refractivity contribution in [2.75, 3.05) is 26.2 Å². The summed E-state index contributed by atoms with van der Waals surface area (Å²) in [7, 11) is 0. The van der Waals surface area contributed by atoms with Gasteiger partial charge in [0, 0.05) is 50.5 Å². The number of piperidine rings is 1. The van der Waals surface area contributed by atoms with E-state index in [9.17, 15) is 4.79 Å². The fourth-order valence-corrected chi connectivity index (χ4v) is 6.92. The molecule has 0 amide bonds. The molecule has 2 aliphatic heterocycles. The Morgan fingerprint density at radius 3 is 2.12 bits per heavy atom. The van der Waals surface area contributed by atoms with E-state index in [1.54, 1.807) is 12.4 Å². The number of esters is 1. The number of hydrogen-bond donors (Lipinski definition) is 2. The zero-order valence-electron chi connectivity index (χ0n) is 25.0. The second-order valence-corrected chi connectivity index (χ2v) is 11.9. The number of aromatic nitrogens is 4. The summed E-state index contributed by atoms with van der Waals surface area (Å²) in [5, 5.41) is 0. The number of imidazole rings is 2. The second-order valence-electron chi connectivity index (χ2n) is 11.9. The summed E-state index contributed by atoms with van der Waals surface area (Å²) in [6.07, 6.45) is 13.0. The van der Waals surface area contributed by atoms with Gasteiger partial charge in [0.05, 0.1) is 19.7 Å². The van der Waals surface area contributed by atoms with Gasteiger partial charge in [-0.15, -0.1) is 0 Å². The molecule has 0 radical (unpaired) electrons. The maximum absolute atomic E-state index is 13.1. The monoisotopic (exact) mass is 561 g/mol. The highest BCUT2D eigenvalue weighted by Crippen LogP contribution is 2.44. The van der Waals surface area contributed by atoms with Crippen molar-refractivity contribution in [2.45, 2.75) is 91.1 Å². The molecule has 2 fully saturated rings. The van der Waals surface area contributed by atoms with E-state index in [0.29, 0.717) is 25.7 Å². The smallest absolute Gasteiger partial charge is 0.323 e. The molecule has 1 aromatic carbocycles. The normalized spacial score (nSPS) is 19.5. The molecule has 0 aliphatic carbocycles. The number of carbonyl (C=O) groups is 1. The fraction of sp³-hybridized carbons (Fsp3) is 0.594. The van der Waals surface area contributed by atoms with Crippen LogP contribution in [-0.2, 0) is 35.7 Å². The van der Waals surface area contributed by atoms with Gasteiger partial charge in [0.25, 0.3) is 0 Å². The third-order valence-corrected chi connectivity index (χ3v) is 9.15. The average molecular weight is 562 g/mol. The Kier molecular flexibility index (Phi) is 9.90. The van der Waals surface area contributed by atoms with Gasteiger partial charge in [-0.2, -0.15) is 0 Å². The van der Waals surface area contributed by atoms with Crippen molar-refractivity contribution >= 4 is 5.97 Å². The van der Waals surface area contributed by atoms with Crippen LogP contribution in [0.1, 0.15) is 75.7 Å². The van der Waals surface area contributed by atoms with Crippen molar-refractivity contribution in [1.82, 2.24) is 34.6 Å². The van der Waals surface area contributed by atoms with E-state index in [1.165, 1.54) is 24.0 Å². The molecule has 9 heteroatoms. The first kappa shape index (κ1) is 29.5. The van der Waals surface area contributed by atoms with Crippen molar-refractivity contribution in [1.29, 1.82) is 0 Å². The lowest BCUT2D eigenvalue weighted by Crippen LogP contribution is -2.45. The Bertz CT molecular complexity index is 1150. The van der Waals surface area contributed by atoms with Crippen molar-refractivity contribution in [3.63, 3.8) is 0 Å². The SMILES string of the molecule is CCOC(=O)[C@H]1CC2(CCN(C(CC)CC)CC2)CN1Cc1ccc(CN(Cc2ncc[nH]2)Cc2ncc[nH]2)cc1. The first-order valence-electron chi connectivity index (χ1n) is 15.4. The summed E-state index contributed by atoms with van der Waals surface area (Å²) in [4.78, 5) is 35.7. The largest absolute Gasteiger partial charge is 0.465 e. The first-order valence-corrected chi connectivity index (χ1v) is 15.4. The van der Waals surface area contributed by atoms with E-state index in [4.69, 9.17) is 4.74 Å². The third-order valence-electron chi connectivity index (χ3n) is 9.15. The van der Waals surface area contributed by atoms with Gasteiger partial charge in [-0.3, -0.25) is 14.6 Å². The minimum atomic E-state index is -0.161. The molecular weight excluding hydrogens is 514 g/mol. The average Bonchev–Trinajstić information content (AvgIpc) is 3.75. The standard InChI is InChI=1S/C32H47N7O2/c1-4-27(5-2)38-17-11-32(12-18-38)19-28(31(40)41-6-3)39(24-32)21-26-9-7-25(8-10-26)20-37(22-29-33-13-14-34-29)23-30-35-15-16-36-30/h7-10,13-16,27-28H,4-6,11-12,17-24H2,1-3H3,(H,33,34)(H,35,36)/t28-/m1/s1. The molecule has 0 bridgehead atoms. The summed E-state index contributed by atoms with van der Waals surface area (Å²) in [6, 6.07) is 9.38. The predicted octanol–water partition coefficient (Wildman–Crippen LogP) is 4.74. The number of aromatic amines is 2. The number of rotatable bonds is 13. The number of hydrogen-bond acceptors (Lipinski definition) is 7. The quantitative estimate of drug-likeness (QED) is 0.291. The number of H-pyrrole nitrogens is 2. The molecule has 3 aromatic rings. The Morgan fingerprint density at radius 1 is 0.976 bits per heavy atom. The minimum absolute atomic E-state index is 0.0603. The van der Waals surface area contributed by atoms with Crippen LogP contribution in [0.5, 0.6) is 0 Å². The summed E-state index contributed by atoms with van der Waals surface area (Å²) in [5.74, 6) is 1.81. The molecule has 4 heterocycles. The minimum Gasteiger partial charge on any atom is -0.465 e. The van der Waals surface area contributed by atoms with Gasteiger partial charge in [-0.1, -0.05) is 38.1 Å². The molecule has 222 valence electrons.